The first-order valence-electron chi connectivity index (χ1n) is 10.0. The normalized spacial score (nSPS) is 19.6. The van der Waals surface area contributed by atoms with Crippen LogP contribution < -0.4 is 15.5 Å². The predicted molar refractivity (Wildman–Crippen MR) is 104 cm³/mol. The van der Waals surface area contributed by atoms with Crippen molar-refractivity contribution in [2.45, 2.75) is 43.0 Å². The Balaban J connectivity index is 1.44. The van der Waals surface area contributed by atoms with Crippen LogP contribution in [0.3, 0.4) is 0 Å². The summed E-state index contributed by atoms with van der Waals surface area (Å²) < 4.78 is 39.9. The topological polar surface area (TPSA) is 100 Å². The maximum absolute atomic E-state index is 13.4. The summed E-state index contributed by atoms with van der Waals surface area (Å²) in [4.78, 5) is 24.9. The zero-order valence-electron chi connectivity index (χ0n) is 16.3. The average molecular weight is 428 g/mol. The van der Waals surface area contributed by atoms with Gasteiger partial charge in [-0.3, -0.25) is 10.1 Å². The van der Waals surface area contributed by atoms with Gasteiger partial charge in [-0.15, -0.1) is 0 Å². The third kappa shape index (κ3) is 5.97. The van der Waals surface area contributed by atoms with Crippen molar-refractivity contribution in [1.29, 1.82) is 0 Å². The van der Waals surface area contributed by atoms with E-state index in [0.717, 1.165) is 36.6 Å². The van der Waals surface area contributed by atoms with Crippen LogP contribution in [0, 0.1) is 5.82 Å². The zero-order chi connectivity index (χ0) is 20.9. The molecule has 0 atom stereocenters. The van der Waals surface area contributed by atoms with Crippen LogP contribution in [0.4, 0.5) is 9.18 Å². The minimum absolute atomic E-state index is 0.0712. The third-order valence-corrected chi connectivity index (χ3v) is 7.36. The molecule has 1 heterocycles. The molecule has 1 aromatic carbocycles. The molecule has 1 aliphatic carbocycles. The van der Waals surface area contributed by atoms with Gasteiger partial charge in [0.2, 0.25) is 10.0 Å². The lowest BCUT2D eigenvalue weighted by molar-refractivity contribution is -0.895. The van der Waals surface area contributed by atoms with Gasteiger partial charge in [-0.1, -0.05) is 25.3 Å². The van der Waals surface area contributed by atoms with Crippen LogP contribution in [0.2, 0.25) is 0 Å². The Morgan fingerprint density at radius 3 is 2.48 bits per heavy atom. The molecule has 1 saturated heterocycles. The number of nitrogens with one attached hydrogen (secondary N) is 3. The number of halogens is 1. The monoisotopic (exact) mass is 427 g/mol. The lowest BCUT2D eigenvalue weighted by Crippen LogP contribution is -3.15. The molecule has 3 amide bonds. The van der Waals surface area contributed by atoms with Crippen molar-refractivity contribution >= 4 is 22.0 Å². The number of sulfonamides is 1. The second kappa shape index (κ2) is 9.64. The minimum atomic E-state index is -3.76. The molecule has 1 aromatic rings. The van der Waals surface area contributed by atoms with Crippen LogP contribution in [0.15, 0.2) is 29.2 Å². The fourth-order valence-corrected chi connectivity index (χ4v) is 5.34. The van der Waals surface area contributed by atoms with Crippen LogP contribution in [0.25, 0.3) is 0 Å². The highest BCUT2D eigenvalue weighted by atomic mass is 32.2. The van der Waals surface area contributed by atoms with Gasteiger partial charge >= 0.3 is 6.03 Å². The molecule has 2 aliphatic rings. The number of imide groups is 1. The Morgan fingerprint density at radius 2 is 1.83 bits per heavy atom. The Hall–Kier alpha value is -2.04. The molecule has 10 heteroatoms. The van der Waals surface area contributed by atoms with E-state index in [1.165, 1.54) is 28.9 Å². The molecule has 2 fully saturated rings. The van der Waals surface area contributed by atoms with Gasteiger partial charge in [0.05, 0.1) is 31.1 Å². The SMILES string of the molecule is O=C(C[NH+]1CCN(S(=O)(=O)c2cccc(F)c2)CC1)NC(=O)NC1CCCCC1. The standard InChI is InChI=1S/C19H27FN4O4S/c20-15-5-4-8-17(13-15)29(27,28)24-11-9-23(10-12-24)14-18(25)22-19(26)21-16-6-2-1-3-7-16/h4-5,8,13,16H,1-3,6-7,9-12,14H2,(H2,21,22,25,26)/p+1. The number of hydrogen-bond donors (Lipinski definition) is 3. The van der Waals surface area contributed by atoms with Crippen LogP contribution in [-0.4, -0.2) is 63.4 Å². The lowest BCUT2D eigenvalue weighted by Gasteiger charge is -2.31. The fraction of sp³-hybridized carbons (Fsp3) is 0.579. The maximum atomic E-state index is 13.4. The van der Waals surface area contributed by atoms with E-state index in [4.69, 9.17) is 0 Å². The number of benzene rings is 1. The van der Waals surface area contributed by atoms with E-state index in [1.54, 1.807) is 0 Å². The summed E-state index contributed by atoms with van der Waals surface area (Å²) in [5, 5.41) is 5.20. The highest BCUT2D eigenvalue weighted by molar-refractivity contribution is 7.89. The number of carbonyl (C=O) groups excluding carboxylic acids is 2. The Labute approximate surface area is 170 Å². The van der Waals surface area contributed by atoms with Gasteiger partial charge in [-0.25, -0.2) is 17.6 Å². The molecule has 3 rings (SSSR count). The van der Waals surface area contributed by atoms with E-state index in [-0.39, 0.29) is 36.5 Å². The van der Waals surface area contributed by atoms with E-state index >= 15 is 0 Å². The lowest BCUT2D eigenvalue weighted by atomic mass is 9.96. The molecule has 0 bridgehead atoms. The Morgan fingerprint density at radius 1 is 1.14 bits per heavy atom. The average Bonchev–Trinajstić information content (AvgIpc) is 2.69. The molecule has 8 nitrogen and oxygen atoms in total. The molecular formula is C19H28FN4O4S+. The van der Waals surface area contributed by atoms with Crippen molar-refractivity contribution in [2.24, 2.45) is 0 Å². The number of nitrogens with zero attached hydrogens (tertiary/aromatic N) is 1. The van der Waals surface area contributed by atoms with Gasteiger partial charge < -0.3 is 10.2 Å². The molecule has 1 saturated carbocycles. The second-order valence-corrected chi connectivity index (χ2v) is 9.58. The van der Waals surface area contributed by atoms with Gasteiger partial charge in [0.15, 0.2) is 6.54 Å². The van der Waals surface area contributed by atoms with Crippen LogP contribution in [0.5, 0.6) is 0 Å². The summed E-state index contributed by atoms with van der Waals surface area (Å²) >= 11 is 0. The molecular weight excluding hydrogens is 399 g/mol. The van der Waals surface area contributed by atoms with Crippen molar-refractivity contribution < 1.29 is 27.3 Å². The van der Waals surface area contributed by atoms with Gasteiger partial charge in [0.1, 0.15) is 5.82 Å². The van der Waals surface area contributed by atoms with Crippen molar-refractivity contribution in [3.63, 3.8) is 0 Å². The van der Waals surface area contributed by atoms with E-state index in [9.17, 15) is 22.4 Å². The number of rotatable bonds is 5. The first-order valence-corrected chi connectivity index (χ1v) is 11.5. The summed E-state index contributed by atoms with van der Waals surface area (Å²) in [6.07, 6.45) is 5.24. The highest BCUT2D eigenvalue weighted by Gasteiger charge is 2.31. The van der Waals surface area contributed by atoms with Crippen molar-refractivity contribution in [3.05, 3.63) is 30.1 Å². The predicted octanol–water partition coefficient (Wildman–Crippen LogP) is -0.127. The number of quaternary nitrogens is 1. The summed E-state index contributed by atoms with van der Waals surface area (Å²) in [5.41, 5.74) is 0. The van der Waals surface area contributed by atoms with Crippen LogP contribution in [-0.2, 0) is 14.8 Å². The fourth-order valence-electron chi connectivity index (χ4n) is 3.86. The number of hydrogen-bond acceptors (Lipinski definition) is 4. The van der Waals surface area contributed by atoms with Crippen LogP contribution >= 0.6 is 0 Å². The Kier molecular flexibility index (Phi) is 7.20. The van der Waals surface area contributed by atoms with E-state index in [0.29, 0.717) is 13.1 Å². The van der Waals surface area contributed by atoms with Gasteiger partial charge in [-0.05, 0) is 31.0 Å². The highest BCUT2D eigenvalue weighted by Crippen LogP contribution is 2.17. The number of piperazine rings is 1. The first kappa shape index (κ1) is 21.7. The summed E-state index contributed by atoms with van der Waals surface area (Å²) in [6.45, 7) is 1.44. The van der Waals surface area contributed by atoms with Gasteiger partial charge in [0.25, 0.3) is 5.91 Å². The third-order valence-electron chi connectivity index (χ3n) is 5.47. The van der Waals surface area contributed by atoms with Crippen molar-refractivity contribution in [2.75, 3.05) is 32.7 Å². The maximum Gasteiger partial charge on any atom is 0.321 e. The molecule has 1 aliphatic heterocycles. The molecule has 0 spiro atoms. The molecule has 0 radical (unpaired) electrons. The van der Waals surface area contributed by atoms with E-state index < -0.39 is 21.9 Å². The molecule has 3 N–H and O–H groups in total. The summed E-state index contributed by atoms with van der Waals surface area (Å²) in [7, 11) is -3.76. The first-order chi connectivity index (χ1) is 13.8. The molecule has 0 unspecified atom stereocenters. The molecule has 29 heavy (non-hydrogen) atoms. The molecule has 0 aromatic heterocycles. The van der Waals surface area contributed by atoms with E-state index in [1.807, 2.05) is 0 Å². The van der Waals surface area contributed by atoms with E-state index in [2.05, 4.69) is 10.6 Å². The van der Waals surface area contributed by atoms with Crippen molar-refractivity contribution in [1.82, 2.24) is 14.9 Å². The largest absolute Gasteiger partial charge is 0.335 e. The van der Waals surface area contributed by atoms with Crippen molar-refractivity contribution in [3.8, 4) is 0 Å². The zero-order valence-corrected chi connectivity index (χ0v) is 17.1. The Bertz CT molecular complexity index is 834. The molecule has 160 valence electrons. The quantitative estimate of drug-likeness (QED) is 0.610. The smallest absolute Gasteiger partial charge is 0.321 e. The second-order valence-electron chi connectivity index (χ2n) is 7.64. The van der Waals surface area contributed by atoms with Gasteiger partial charge in [0, 0.05) is 6.04 Å². The summed E-state index contributed by atoms with van der Waals surface area (Å²) in [5.74, 6) is -0.978. The summed E-state index contributed by atoms with van der Waals surface area (Å²) in [6, 6.07) is 4.61. The van der Waals surface area contributed by atoms with Crippen LogP contribution in [0.1, 0.15) is 32.1 Å². The minimum Gasteiger partial charge on any atom is -0.335 e. The number of urea groups is 1. The number of amides is 3. The number of carbonyl (C=O) groups is 2. The van der Waals surface area contributed by atoms with Gasteiger partial charge in [-0.2, -0.15) is 4.31 Å².